The van der Waals surface area contributed by atoms with Crippen molar-refractivity contribution >= 4 is 29.9 Å². The second-order valence-electron chi connectivity index (χ2n) is 7.14. The fourth-order valence-corrected chi connectivity index (χ4v) is 3.16. The van der Waals surface area contributed by atoms with Crippen LogP contribution in [0, 0.1) is 11.6 Å². The summed E-state index contributed by atoms with van der Waals surface area (Å²) in [4.78, 5) is 6.65. The van der Waals surface area contributed by atoms with Gasteiger partial charge in [0.05, 0.1) is 12.7 Å². The number of hydrogen-bond acceptors (Lipinski definition) is 3. The number of halogens is 3. The lowest BCUT2D eigenvalue weighted by molar-refractivity contribution is 0.0532. The molecule has 8 heteroatoms. The second-order valence-corrected chi connectivity index (χ2v) is 7.14. The highest BCUT2D eigenvalue weighted by Crippen LogP contribution is 2.12. The van der Waals surface area contributed by atoms with Crippen LogP contribution < -0.4 is 10.6 Å². The molecule has 1 aliphatic heterocycles. The fourth-order valence-electron chi connectivity index (χ4n) is 3.16. The number of guanidine groups is 1. The third-order valence-electron chi connectivity index (χ3n) is 4.73. The van der Waals surface area contributed by atoms with E-state index in [1.807, 2.05) is 0 Å². The molecule has 1 fully saturated rings. The lowest BCUT2D eigenvalue weighted by Gasteiger charge is -2.33. The van der Waals surface area contributed by atoms with E-state index >= 15 is 0 Å². The average molecular weight is 510 g/mol. The molecule has 0 atom stereocenters. The molecule has 28 heavy (non-hydrogen) atoms. The molecule has 160 valence electrons. The largest absolute Gasteiger partial charge is 0.377 e. The van der Waals surface area contributed by atoms with Crippen LogP contribution in [0.3, 0.4) is 0 Å². The van der Waals surface area contributed by atoms with Crippen LogP contribution >= 0.6 is 24.0 Å². The molecule has 1 saturated heterocycles. The van der Waals surface area contributed by atoms with Crippen LogP contribution in [0.1, 0.15) is 32.3 Å². The van der Waals surface area contributed by atoms with Crippen molar-refractivity contribution in [1.29, 1.82) is 0 Å². The van der Waals surface area contributed by atoms with Crippen molar-refractivity contribution in [3.8, 4) is 0 Å². The van der Waals surface area contributed by atoms with Crippen LogP contribution in [0.25, 0.3) is 0 Å². The van der Waals surface area contributed by atoms with Crippen LogP contribution in [0.5, 0.6) is 0 Å². The van der Waals surface area contributed by atoms with Crippen LogP contribution in [-0.2, 0) is 11.2 Å². The summed E-state index contributed by atoms with van der Waals surface area (Å²) in [6, 6.07) is 4.63. The Morgan fingerprint density at radius 1 is 1.29 bits per heavy atom. The molecular formula is C20H33F2IN4O. The Morgan fingerprint density at radius 3 is 2.64 bits per heavy atom. The van der Waals surface area contributed by atoms with Crippen molar-refractivity contribution < 1.29 is 13.5 Å². The first-order valence-corrected chi connectivity index (χ1v) is 9.73. The van der Waals surface area contributed by atoms with Gasteiger partial charge in [-0.05, 0) is 44.7 Å². The van der Waals surface area contributed by atoms with Crippen molar-refractivity contribution in [2.24, 2.45) is 4.99 Å². The number of nitrogens with zero attached hydrogens (tertiary/aromatic N) is 2. The molecule has 0 unspecified atom stereocenters. The Morgan fingerprint density at radius 2 is 2.00 bits per heavy atom. The highest BCUT2D eigenvalue weighted by atomic mass is 127. The van der Waals surface area contributed by atoms with Crippen molar-refractivity contribution in [1.82, 2.24) is 15.5 Å². The van der Waals surface area contributed by atoms with E-state index < -0.39 is 11.6 Å². The zero-order chi connectivity index (χ0) is 19.6. The number of hydrogen-bond donors (Lipinski definition) is 2. The number of benzene rings is 1. The quantitative estimate of drug-likeness (QED) is 0.321. The van der Waals surface area contributed by atoms with Gasteiger partial charge in [0.15, 0.2) is 17.6 Å². The predicted octanol–water partition coefficient (Wildman–Crippen LogP) is 3.18. The van der Waals surface area contributed by atoms with Gasteiger partial charge in [-0.25, -0.2) is 8.78 Å². The van der Waals surface area contributed by atoms with Crippen LogP contribution in [0.4, 0.5) is 8.78 Å². The number of ether oxygens (including phenoxy) is 1. The van der Waals surface area contributed by atoms with Gasteiger partial charge < -0.3 is 20.3 Å². The van der Waals surface area contributed by atoms with Gasteiger partial charge >= 0.3 is 0 Å². The predicted molar refractivity (Wildman–Crippen MR) is 121 cm³/mol. The maximum Gasteiger partial charge on any atom is 0.191 e. The third-order valence-corrected chi connectivity index (χ3v) is 4.73. The zero-order valence-corrected chi connectivity index (χ0v) is 19.3. The number of aliphatic imine (C=N–C) groups is 1. The van der Waals surface area contributed by atoms with E-state index in [1.165, 1.54) is 6.07 Å². The van der Waals surface area contributed by atoms with Gasteiger partial charge in [0.2, 0.25) is 0 Å². The molecule has 0 aliphatic carbocycles. The summed E-state index contributed by atoms with van der Waals surface area (Å²) in [7, 11) is 1.72. The van der Waals surface area contributed by atoms with Gasteiger partial charge in [-0.15, -0.1) is 24.0 Å². The number of likely N-dealkylation sites (tertiary alicyclic amines) is 1. The van der Waals surface area contributed by atoms with Gasteiger partial charge in [-0.3, -0.25) is 4.99 Å². The minimum Gasteiger partial charge on any atom is -0.377 e. The highest BCUT2D eigenvalue weighted by Gasteiger charge is 2.19. The van der Waals surface area contributed by atoms with E-state index in [1.54, 1.807) is 13.1 Å². The molecule has 2 rings (SSSR count). The first kappa shape index (κ1) is 25.0. The summed E-state index contributed by atoms with van der Waals surface area (Å²) in [5.74, 6) is -0.870. The fraction of sp³-hybridized carbons (Fsp3) is 0.650. The van der Waals surface area contributed by atoms with Gasteiger partial charge in [0.25, 0.3) is 0 Å². The maximum absolute atomic E-state index is 13.7. The minimum atomic E-state index is -0.805. The molecule has 1 aromatic carbocycles. The molecule has 0 spiro atoms. The summed E-state index contributed by atoms with van der Waals surface area (Å²) >= 11 is 0. The smallest absolute Gasteiger partial charge is 0.191 e. The standard InChI is InChI=1S/C20H32F2N4O.HI/c1-15(2)27-14-13-26-11-8-17(9-12-26)25-20(23-3)24-10-7-16-5-4-6-18(21)19(16)22;/h4-6,15,17H,7-14H2,1-3H3,(H2,23,24,25);1H. The van der Waals surface area contributed by atoms with E-state index in [9.17, 15) is 8.78 Å². The molecule has 0 aromatic heterocycles. The Bertz CT molecular complexity index is 608. The van der Waals surface area contributed by atoms with Gasteiger partial charge in [-0.2, -0.15) is 0 Å². The summed E-state index contributed by atoms with van der Waals surface area (Å²) in [5.41, 5.74) is 0.370. The van der Waals surface area contributed by atoms with Crippen molar-refractivity contribution in [2.45, 2.75) is 45.3 Å². The molecule has 0 saturated carbocycles. The van der Waals surface area contributed by atoms with Crippen molar-refractivity contribution in [2.75, 3.05) is 39.8 Å². The Hall–Kier alpha value is -1.00. The van der Waals surface area contributed by atoms with E-state index in [-0.39, 0.29) is 30.1 Å². The summed E-state index contributed by atoms with van der Waals surface area (Å²) in [5, 5.41) is 6.61. The normalized spacial score (nSPS) is 16.1. The second kappa shape index (κ2) is 13.3. The van der Waals surface area contributed by atoms with Gasteiger partial charge in [0, 0.05) is 39.3 Å². The molecule has 1 aromatic rings. The van der Waals surface area contributed by atoms with E-state index in [2.05, 4.69) is 34.4 Å². The topological polar surface area (TPSA) is 48.9 Å². The molecule has 0 bridgehead atoms. The van der Waals surface area contributed by atoms with E-state index in [4.69, 9.17) is 4.74 Å². The Kier molecular flexibility index (Phi) is 11.9. The van der Waals surface area contributed by atoms with Crippen LogP contribution in [0.2, 0.25) is 0 Å². The molecule has 2 N–H and O–H groups in total. The zero-order valence-electron chi connectivity index (χ0n) is 17.0. The maximum atomic E-state index is 13.7. The molecular weight excluding hydrogens is 477 g/mol. The molecule has 0 radical (unpaired) electrons. The minimum absolute atomic E-state index is 0. The third kappa shape index (κ3) is 8.57. The van der Waals surface area contributed by atoms with Crippen LogP contribution in [0.15, 0.2) is 23.2 Å². The SMILES string of the molecule is CN=C(NCCc1cccc(F)c1F)NC1CCN(CCOC(C)C)CC1.I. The monoisotopic (exact) mass is 510 g/mol. The highest BCUT2D eigenvalue weighted by molar-refractivity contribution is 14.0. The molecule has 1 aliphatic rings. The summed E-state index contributed by atoms with van der Waals surface area (Å²) < 4.78 is 32.5. The van der Waals surface area contributed by atoms with Gasteiger partial charge in [-0.1, -0.05) is 12.1 Å². The molecule has 0 amide bonds. The lowest BCUT2D eigenvalue weighted by Crippen LogP contribution is -2.49. The number of nitrogens with one attached hydrogen (secondary N) is 2. The number of piperidine rings is 1. The van der Waals surface area contributed by atoms with E-state index in [0.717, 1.165) is 45.1 Å². The Labute approximate surface area is 184 Å². The average Bonchev–Trinajstić information content (AvgIpc) is 2.65. The van der Waals surface area contributed by atoms with Crippen molar-refractivity contribution in [3.05, 3.63) is 35.4 Å². The van der Waals surface area contributed by atoms with Crippen molar-refractivity contribution in [3.63, 3.8) is 0 Å². The lowest BCUT2D eigenvalue weighted by atomic mass is 10.1. The first-order valence-electron chi connectivity index (χ1n) is 9.73. The summed E-state index contributed by atoms with van der Waals surface area (Å²) in [6.45, 7) is 8.41. The van der Waals surface area contributed by atoms with E-state index in [0.29, 0.717) is 30.5 Å². The number of rotatable bonds is 8. The summed E-state index contributed by atoms with van der Waals surface area (Å²) in [6.07, 6.45) is 2.76. The Balaban J connectivity index is 0.00000392. The molecule has 1 heterocycles. The first-order chi connectivity index (χ1) is 13.0. The van der Waals surface area contributed by atoms with Crippen LogP contribution in [-0.4, -0.2) is 62.8 Å². The molecule has 5 nitrogen and oxygen atoms in total. The van der Waals surface area contributed by atoms with Gasteiger partial charge in [0.1, 0.15) is 0 Å².